The molecule has 1 aliphatic heterocycles. The Balaban J connectivity index is 1.75. The van der Waals surface area contributed by atoms with Gasteiger partial charge in [-0.3, -0.25) is 9.69 Å². The predicted octanol–water partition coefficient (Wildman–Crippen LogP) is 1.86. The van der Waals surface area contributed by atoms with Gasteiger partial charge in [-0.15, -0.1) is 0 Å². The van der Waals surface area contributed by atoms with Crippen LogP contribution in [0, 0.1) is 0 Å². The molecule has 158 valence electrons. The third-order valence-electron chi connectivity index (χ3n) is 5.34. The maximum atomic E-state index is 13.1. The maximum absolute atomic E-state index is 13.1. The Morgan fingerprint density at radius 1 is 1.07 bits per heavy atom. The summed E-state index contributed by atoms with van der Waals surface area (Å²) >= 11 is 0. The molecule has 1 saturated heterocycles. The number of aromatic carboxylic acids is 1. The van der Waals surface area contributed by atoms with Gasteiger partial charge in [0.15, 0.2) is 0 Å². The van der Waals surface area contributed by atoms with Crippen LogP contribution in [0.3, 0.4) is 0 Å². The number of hydrogen-bond acceptors (Lipinski definition) is 6. The number of carboxylic acids is 1. The molecule has 0 aliphatic carbocycles. The quantitative estimate of drug-likeness (QED) is 0.779. The Bertz CT molecular complexity index is 906. The minimum absolute atomic E-state index is 0.0187. The largest absolute Gasteiger partial charge is 0.478 e. The van der Waals surface area contributed by atoms with E-state index >= 15 is 0 Å². The number of benzene rings is 1. The molecule has 1 aromatic carbocycles. The number of carbonyl (C=O) groups excluding carboxylic acids is 1. The number of likely N-dealkylation sites (N-methyl/N-ethyl adjacent to an activating group) is 1. The van der Waals surface area contributed by atoms with Crippen LogP contribution >= 0.6 is 0 Å². The van der Waals surface area contributed by atoms with E-state index in [9.17, 15) is 9.59 Å². The zero-order valence-electron chi connectivity index (χ0n) is 17.5. The molecule has 1 aromatic heterocycles. The first-order valence-electron chi connectivity index (χ1n) is 9.82. The average molecular weight is 409 g/mol. The normalized spacial score (nSPS) is 17.0. The van der Waals surface area contributed by atoms with Crippen LogP contribution in [0.5, 0.6) is 0 Å². The number of amides is 1. The lowest BCUT2D eigenvalue weighted by Crippen LogP contribution is -2.61. The topological polar surface area (TPSA) is 89.9 Å². The molecule has 1 fully saturated rings. The summed E-state index contributed by atoms with van der Waals surface area (Å²) in [7, 11) is 3.54. The lowest BCUT2D eigenvalue weighted by atomic mass is 9.95. The van der Waals surface area contributed by atoms with Gasteiger partial charge in [-0.05, 0) is 12.5 Å². The van der Waals surface area contributed by atoms with Crippen molar-refractivity contribution in [3.05, 3.63) is 59.9 Å². The van der Waals surface area contributed by atoms with E-state index in [2.05, 4.69) is 14.9 Å². The number of hydrogen-bond donors (Lipinski definition) is 1. The van der Waals surface area contributed by atoms with Gasteiger partial charge in [0.2, 0.25) is 11.9 Å². The van der Waals surface area contributed by atoms with Gasteiger partial charge in [-0.25, -0.2) is 14.8 Å². The first kappa shape index (κ1) is 21.4. The molecule has 1 atom stereocenters. The van der Waals surface area contributed by atoms with Crippen molar-refractivity contribution in [1.29, 1.82) is 0 Å². The molecule has 8 heteroatoms. The minimum Gasteiger partial charge on any atom is -0.478 e. The smallest absolute Gasteiger partial charge is 0.338 e. The Labute approximate surface area is 176 Å². The van der Waals surface area contributed by atoms with E-state index in [0.717, 1.165) is 5.56 Å². The Morgan fingerprint density at radius 3 is 2.20 bits per heavy atom. The highest BCUT2D eigenvalue weighted by atomic mass is 16.4. The molecule has 0 spiro atoms. The van der Waals surface area contributed by atoms with Crippen LogP contribution in [0.1, 0.15) is 22.8 Å². The average Bonchev–Trinajstić information content (AvgIpc) is 2.77. The van der Waals surface area contributed by atoms with E-state index in [-0.39, 0.29) is 11.5 Å². The molecule has 2 heterocycles. The SMILES string of the molecule is CN(C)C(=O)C(C)(/C=C/c1ccccc1)N1CCN(c2ncc(C(=O)O)cn2)CC1. The molecule has 8 nitrogen and oxygen atoms in total. The van der Waals surface area contributed by atoms with Crippen molar-refractivity contribution >= 4 is 23.9 Å². The lowest BCUT2D eigenvalue weighted by Gasteiger charge is -2.44. The molecule has 1 aliphatic rings. The molecule has 0 bridgehead atoms. The highest BCUT2D eigenvalue weighted by Gasteiger charge is 2.39. The monoisotopic (exact) mass is 409 g/mol. The second-order valence-corrected chi connectivity index (χ2v) is 7.64. The Morgan fingerprint density at radius 2 is 1.67 bits per heavy atom. The molecule has 1 unspecified atom stereocenters. The summed E-state index contributed by atoms with van der Waals surface area (Å²) in [4.78, 5) is 38.2. The Kier molecular flexibility index (Phi) is 6.47. The zero-order chi connectivity index (χ0) is 21.7. The first-order valence-corrected chi connectivity index (χ1v) is 9.82. The minimum atomic E-state index is -1.05. The van der Waals surface area contributed by atoms with E-state index in [1.807, 2.05) is 54.3 Å². The number of rotatable bonds is 6. The second-order valence-electron chi connectivity index (χ2n) is 7.64. The van der Waals surface area contributed by atoms with Gasteiger partial charge in [0.1, 0.15) is 5.54 Å². The van der Waals surface area contributed by atoms with Crippen LogP contribution in [0.15, 0.2) is 48.8 Å². The summed E-state index contributed by atoms with van der Waals surface area (Å²) in [5.41, 5.74) is 0.327. The van der Waals surface area contributed by atoms with Gasteiger partial charge in [0.05, 0.1) is 5.56 Å². The number of aromatic nitrogens is 2. The van der Waals surface area contributed by atoms with Crippen LogP contribution in [0.25, 0.3) is 6.08 Å². The molecule has 3 rings (SSSR count). The lowest BCUT2D eigenvalue weighted by molar-refractivity contribution is -0.138. The van der Waals surface area contributed by atoms with Gasteiger partial charge in [0.25, 0.3) is 0 Å². The van der Waals surface area contributed by atoms with Crippen molar-refractivity contribution in [2.24, 2.45) is 0 Å². The summed E-state index contributed by atoms with van der Waals surface area (Å²) in [6.45, 7) is 4.53. The van der Waals surface area contributed by atoms with Gasteiger partial charge in [-0.1, -0.05) is 42.5 Å². The van der Waals surface area contributed by atoms with Crippen molar-refractivity contribution in [2.45, 2.75) is 12.5 Å². The highest BCUT2D eigenvalue weighted by molar-refractivity contribution is 5.89. The summed E-state index contributed by atoms with van der Waals surface area (Å²) in [5.74, 6) is -0.528. The van der Waals surface area contributed by atoms with Crippen molar-refractivity contribution in [2.75, 3.05) is 45.2 Å². The molecule has 0 saturated carbocycles. The summed E-state index contributed by atoms with van der Waals surface area (Å²) < 4.78 is 0. The highest BCUT2D eigenvalue weighted by Crippen LogP contribution is 2.24. The molecular formula is C22H27N5O3. The third kappa shape index (κ3) is 4.65. The van der Waals surface area contributed by atoms with Crippen LogP contribution in [-0.2, 0) is 4.79 Å². The second kappa shape index (κ2) is 9.04. The van der Waals surface area contributed by atoms with Gasteiger partial charge in [-0.2, -0.15) is 0 Å². The Hall–Kier alpha value is -3.26. The number of carbonyl (C=O) groups is 2. The van der Waals surface area contributed by atoms with Crippen molar-refractivity contribution in [3.8, 4) is 0 Å². The van der Waals surface area contributed by atoms with Gasteiger partial charge < -0.3 is 14.9 Å². The number of nitrogens with zero attached hydrogens (tertiary/aromatic N) is 5. The predicted molar refractivity (Wildman–Crippen MR) is 115 cm³/mol. The van der Waals surface area contributed by atoms with Crippen LogP contribution in [0.2, 0.25) is 0 Å². The van der Waals surface area contributed by atoms with E-state index in [0.29, 0.717) is 32.1 Å². The van der Waals surface area contributed by atoms with Gasteiger partial charge in [0, 0.05) is 52.7 Å². The van der Waals surface area contributed by atoms with Crippen molar-refractivity contribution < 1.29 is 14.7 Å². The zero-order valence-corrected chi connectivity index (χ0v) is 17.5. The molecule has 1 N–H and O–H groups in total. The van der Waals surface area contributed by atoms with Gasteiger partial charge >= 0.3 is 5.97 Å². The third-order valence-corrected chi connectivity index (χ3v) is 5.34. The van der Waals surface area contributed by atoms with Crippen molar-refractivity contribution in [1.82, 2.24) is 19.8 Å². The number of piperazine rings is 1. The summed E-state index contributed by atoms with van der Waals surface area (Å²) in [6, 6.07) is 9.92. The molecule has 0 radical (unpaired) electrons. The summed E-state index contributed by atoms with van der Waals surface area (Å²) in [6.07, 6.45) is 6.60. The fourth-order valence-corrected chi connectivity index (χ4v) is 3.55. The van der Waals surface area contributed by atoms with E-state index in [1.54, 1.807) is 19.0 Å². The molecule has 1 amide bonds. The van der Waals surface area contributed by atoms with Crippen molar-refractivity contribution in [3.63, 3.8) is 0 Å². The van der Waals surface area contributed by atoms with E-state index in [4.69, 9.17) is 5.11 Å². The fraction of sp³-hybridized carbons (Fsp3) is 0.364. The first-order chi connectivity index (χ1) is 14.3. The van der Waals surface area contributed by atoms with Crippen LogP contribution < -0.4 is 4.90 Å². The van der Waals surface area contributed by atoms with E-state index < -0.39 is 11.5 Å². The molecule has 30 heavy (non-hydrogen) atoms. The van der Waals surface area contributed by atoms with Crippen LogP contribution in [-0.4, -0.2) is 82.6 Å². The number of carboxylic acid groups (broad SMARTS) is 1. The maximum Gasteiger partial charge on any atom is 0.338 e. The van der Waals surface area contributed by atoms with E-state index in [1.165, 1.54) is 12.4 Å². The fourth-order valence-electron chi connectivity index (χ4n) is 3.55. The standard InChI is InChI=1S/C22H27N5O3/c1-22(20(30)25(2)3,10-9-17-7-5-4-6-8-17)27-13-11-26(12-14-27)21-23-15-18(16-24-21)19(28)29/h4-10,15-16H,11-14H2,1-3H3,(H,28,29)/b10-9+. The summed E-state index contributed by atoms with van der Waals surface area (Å²) in [5, 5.41) is 9.00. The molecule has 2 aromatic rings. The molecular weight excluding hydrogens is 382 g/mol. The number of anilines is 1. The van der Waals surface area contributed by atoms with Crippen LogP contribution in [0.4, 0.5) is 5.95 Å².